The number of rotatable bonds is 9. The van der Waals surface area contributed by atoms with Crippen LogP contribution in [0.15, 0.2) is 35.2 Å². The molecule has 31 heavy (non-hydrogen) atoms. The number of nitrogens with one attached hydrogen (secondary N) is 1. The van der Waals surface area contributed by atoms with E-state index < -0.39 is 10.0 Å². The molecule has 172 valence electrons. The first kappa shape index (κ1) is 24.0. The largest absolute Gasteiger partial charge is 0.350 e. The lowest BCUT2D eigenvalue weighted by atomic mass is 10.0. The number of benzene rings is 1. The Hall–Kier alpha value is -1.70. The number of carbonyl (C=O) groups is 1. The molecule has 1 aliphatic heterocycles. The SMILES string of the molecule is CCN(CC)S(=O)(=O)c1ccc(/C=C/C(=O)NC2CCN(CC3CCCC3)CC2)cc1. The predicted octanol–water partition coefficient (Wildman–Crippen LogP) is 3.50. The van der Waals surface area contributed by atoms with E-state index >= 15 is 0 Å². The van der Waals surface area contributed by atoms with Crippen LogP contribution in [-0.2, 0) is 14.8 Å². The van der Waals surface area contributed by atoms with Gasteiger partial charge in [0.05, 0.1) is 4.90 Å². The Bertz CT molecular complexity index is 833. The summed E-state index contributed by atoms with van der Waals surface area (Å²) in [5, 5.41) is 3.11. The average Bonchev–Trinajstić information content (AvgIpc) is 3.28. The van der Waals surface area contributed by atoms with Crippen molar-refractivity contribution in [1.82, 2.24) is 14.5 Å². The maximum atomic E-state index is 12.6. The van der Waals surface area contributed by atoms with Gasteiger partial charge in [0.15, 0.2) is 0 Å². The lowest BCUT2D eigenvalue weighted by Crippen LogP contribution is -2.45. The van der Waals surface area contributed by atoms with Crippen molar-refractivity contribution in [2.45, 2.75) is 63.3 Å². The van der Waals surface area contributed by atoms with Crippen molar-refractivity contribution < 1.29 is 13.2 Å². The Labute approximate surface area is 187 Å². The van der Waals surface area contributed by atoms with Gasteiger partial charge >= 0.3 is 0 Å². The van der Waals surface area contributed by atoms with Crippen LogP contribution in [0.2, 0.25) is 0 Å². The predicted molar refractivity (Wildman–Crippen MR) is 125 cm³/mol. The molecule has 0 unspecified atom stereocenters. The van der Waals surface area contributed by atoms with Crippen molar-refractivity contribution in [3.63, 3.8) is 0 Å². The molecule has 3 rings (SSSR count). The van der Waals surface area contributed by atoms with E-state index in [1.165, 1.54) is 36.5 Å². The highest BCUT2D eigenvalue weighted by molar-refractivity contribution is 7.89. The van der Waals surface area contributed by atoms with Gasteiger partial charge in [-0.3, -0.25) is 4.79 Å². The number of carbonyl (C=O) groups excluding carboxylic acids is 1. The van der Waals surface area contributed by atoms with Crippen molar-refractivity contribution in [3.8, 4) is 0 Å². The monoisotopic (exact) mass is 447 g/mol. The minimum Gasteiger partial charge on any atom is -0.350 e. The number of hydrogen-bond donors (Lipinski definition) is 1. The second-order valence-corrected chi connectivity index (χ2v) is 10.7. The second-order valence-electron chi connectivity index (χ2n) is 8.73. The first-order chi connectivity index (χ1) is 14.9. The van der Waals surface area contributed by atoms with E-state index in [1.54, 1.807) is 36.4 Å². The molecule has 1 saturated heterocycles. The van der Waals surface area contributed by atoms with Crippen LogP contribution in [0, 0.1) is 5.92 Å². The van der Waals surface area contributed by atoms with Crippen molar-refractivity contribution in [1.29, 1.82) is 0 Å². The van der Waals surface area contributed by atoms with Crippen LogP contribution < -0.4 is 5.32 Å². The van der Waals surface area contributed by atoms with Crippen LogP contribution in [-0.4, -0.2) is 62.3 Å². The second kappa shape index (κ2) is 11.2. The molecule has 1 aromatic rings. The number of likely N-dealkylation sites (tertiary alicyclic amines) is 1. The molecule has 2 fully saturated rings. The Kier molecular flexibility index (Phi) is 8.69. The van der Waals surface area contributed by atoms with Crippen LogP contribution in [0.1, 0.15) is 57.9 Å². The number of hydrogen-bond acceptors (Lipinski definition) is 4. The zero-order chi connectivity index (χ0) is 22.3. The van der Waals surface area contributed by atoms with Gasteiger partial charge in [0, 0.05) is 44.8 Å². The Morgan fingerprint density at radius 1 is 1.06 bits per heavy atom. The molecule has 6 nitrogen and oxygen atoms in total. The molecular weight excluding hydrogens is 410 g/mol. The van der Waals surface area contributed by atoms with Crippen LogP contribution in [0.4, 0.5) is 0 Å². The summed E-state index contributed by atoms with van der Waals surface area (Å²) < 4.78 is 26.5. The van der Waals surface area contributed by atoms with Gasteiger partial charge in [-0.1, -0.05) is 38.8 Å². The van der Waals surface area contributed by atoms with E-state index in [0.29, 0.717) is 13.1 Å². The maximum Gasteiger partial charge on any atom is 0.244 e. The fourth-order valence-electron chi connectivity index (χ4n) is 4.70. The van der Waals surface area contributed by atoms with Crippen LogP contribution in [0.25, 0.3) is 6.08 Å². The number of piperidine rings is 1. The topological polar surface area (TPSA) is 69.7 Å². The van der Waals surface area contributed by atoms with E-state index in [-0.39, 0.29) is 16.8 Å². The van der Waals surface area contributed by atoms with Crippen molar-refractivity contribution in [2.75, 3.05) is 32.7 Å². The molecule has 0 aromatic heterocycles. The molecule has 2 aliphatic rings. The molecule has 1 amide bonds. The molecule has 0 bridgehead atoms. The lowest BCUT2D eigenvalue weighted by molar-refractivity contribution is -0.117. The van der Waals surface area contributed by atoms with E-state index in [0.717, 1.165) is 37.4 Å². The summed E-state index contributed by atoms with van der Waals surface area (Å²) in [6, 6.07) is 6.92. The summed E-state index contributed by atoms with van der Waals surface area (Å²) in [6.45, 7) is 7.90. The molecule has 1 N–H and O–H groups in total. The van der Waals surface area contributed by atoms with Gasteiger partial charge in [0.2, 0.25) is 15.9 Å². The number of nitrogens with zero attached hydrogens (tertiary/aromatic N) is 2. The Balaban J connectivity index is 1.46. The van der Waals surface area contributed by atoms with Gasteiger partial charge in [-0.15, -0.1) is 0 Å². The highest BCUT2D eigenvalue weighted by Crippen LogP contribution is 2.26. The first-order valence-electron chi connectivity index (χ1n) is 11.7. The first-order valence-corrected chi connectivity index (χ1v) is 13.2. The summed E-state index contributed by atoms with van der Waals surface area (Å²) in [4.78, 5) is 15.2. The maximum absolute atomic E-state index is 12.6. The van der Waals surface area contributed by atoms with Gasteiger partial charge in [-0.25, -0.2) is 8.42 Å². The minimum absolute atomic E-state index is 0.0888. The lowest BCUT2D eigenvalue weighted by Gasteiger charge is -2.33. The summed E-state index contributed by atoms with van der Waals surface area (Å²) in [5.41, 5.74) is 0.806. The average molecular weight is 448 g/mol. The standard InChI is InChI=1S/C24H37N3O3S/c1-3-27(4-2)31(29,30)23-12-9-20(10-13-23)11-14-24(28)25-22-15-17-26(18-16-22)19-21-7-5-6-8-21/h9-14,21-22H,3-8,15-19H2,1-2H3,(H,25,28)/b14-11+. The smallest absolute Gasteiger partial charge is 0.244 e. The van der Waals surface area contributed by atoms with Crippen LogP contribution in [0.3, 0.4) is 0 Å². The van der Waals surface area contributed by atoms with E-state index in [4.69, 9.17) is 0 Å². The summed E-state index contributed by atoms with van der Waals surface area (Å²) in [5.74, 6) is 0.788. The Morgan fingerprint density at radius 3 is 2.26 bits per heavy atom. The molecule has 0 atom stereocenters. The highest BCUT2D eigenvalue weighted by atomic mass is 32.2. The van der Waals surface area contributed by atoms with Gasteiger partial charge < -0.3 is 10.2 Å². The van der Waals surface area contributed by atoms with Gasteiger partial charge in [0.1, 0.15) is 0 Å². The molecule has 1 heterocycles. The van der Waals surface area contributed by atoms with Gasteiger partial charge in [-0.2, -0.15) is 4.31 Å². The van der Waals surface area contributed by atoms with Gasteiger partial charge in [-0.05, 0) is 55.4 Å². The highest BCUT2D eigenvalue weighted by Gasteiger charge is 2.24. The molecule has 0 spiro atoms. The fraction of sp³-hybridized carbons (Fsp3) is 0.625. The Morgan fingerprint density at radius 2 is 1.68 bits per heavy atom. The third-order valence-electron chi connectivity index (χ3n) is 6.58. The molecule has 7 heteroatoms. The summed E-state index contributed by atoms with van der Waals surface area (Å²) >= 11 is 0. The van der Waals surface area contributed by atoms with Crippen LogP contribution in [0.5, 0.6) is 0 Å². The zero-order valence-electron chi connectivity index (χ0n) is 18.9. The quantitative estimate of drug-likeness (QED) is 0.588. The van der Waals surface area contributed by atoms with Crippen molar-refractivity contribution >= 4 is 22.0 Å². The fourth-order valence-corrected chi connectivity index (χ4v) is 6.16. The van der Waals surface area contributed by atoms with Gasteiger partial charge in [0.25, 0.3) is 0 Å². The third kappa shape index (κ3) is 6.64. The molecular formula is C24H37N3O3S. The molecule has 0 radical (unpaired) electrons. The zero-order valence-corrected chi connectivity index (χ0v) is 19.7. The normalized spacial score (nSPS) is 19.5. The summed E-state index contributed by atoms with van der Waals surface area (Å²) in [6.07, 6.45) is 10.8. The van der Waals surface area contributed by atoms with Crippen molar-refractivity contribution in [3.05, 3.63) is 35.9 Å². The summed E-state index contributed by atoms with van der Waals surface area (Å²) in [7, 11) is -3.45. The molecule has 1 aliphatic carbocycles. The number of amides is 1. The van der Waals surface area contributed by atoms with E-state index in [2.05, 4.69) is 10.2 Å². The van der Waals surface area contributed by atoms with E-state index in [9.17, 15) is 13.2 Å². The third-order valence-corrected chi connectivity index (χ3v) is 8.64. The van der Waals surface area contributed by atoms with Crippen molar-refractivity contribution in [2.24, 2.45) is 5.92 Å². The van der Waals surface area contributed by atoms with E-state index in [1.807, 2.05) is 13.8 Å². The molecule has 1 saturated carbocycles. The minimum atomic E-state index is -3.45. The molecule has 1 aromatic carbocycles. The number of sulfonamides is 1. The van der Waals surface area contributed by atoms with Crippen LogP contribution >= 0.6 is 0 Å².